The van der Waals surface area contributed by atoms with Crippen molar-refractivity contribution in [2.45, 2.75) is 19.9 Å². The van der Waals surface area contributed by atoms with Gasteiger partial charge in [0, 0.05) is 21.9 Å². The van der Waals surface area contributed by atoms with E-state index in [0.29, 0.717) is 0 Å². The summed E-state index contributed by atoms with van der Waals surface area (Å²) in [5.41, 5.74) is 3.27. The average molecular weight is 335 g/mol. The number of halogens is 1. The molecule has 0 aliphatic heterocycles. The van der Waals surface area contributed by atoms with E-state index < -0.39 is 0 Å². The van der Waals surface area contributed by atoms with Gasteiger partial charge in [0.2, 0.25) is 0 Å². The van der Waals surface area contributed by atoms with Crippen molar-refractivity contribution >= 4 is 15.9 Å². The van der Waals surface area contributed by atoms with E-state index in [1.165, 1.54) is 0 Å². The average Bonchev–Trinajstić information content (AvgIpc) is 2.46. The number of nitrogens with zero attached hydrogens (tertiary/aromatic N) is 1. The molecule has 2 rings (SSSR count). The summed E-state index contributed by atoms with van der Waals surface area (Å²) in [4.78, 5) is 4.39. The van der Waals surface area contributed by atoms with Gasteiger partial charge in [-0.2, -0.15) is 0 Å². The highest BCUT2D eigenvalue weighted by Gasteiger charge is 2.17. The smallest absolute Gasteiger partial charge is 0.125 e. The van der Waals surface area contributed by atoms with Crippen LogP contribution in [0.2, 0.25) is 0 Å². The van der Waals surface area contributed by atoms with Crippen LogP contribution in [0.1, 0.15) is 29.8 Å². The van der Waals surface area contributed by atoms with Crippen LogP contribution in [0, 0.1) is 6.92 Å². The first kappa shape index (κ1) is 15.0. The molecule has 4 heteroatoms. The highest BCUT2D eigenvalue weighted by molar-refractivity contribution is 9.10. The van der Waals surface area contributed by atoms with Crippen molar-refractivity contribution in [1.82, 2.24) is 10.3 Å². The van der Waals surface area contributed by atoms with Crippen molar-refractivity contribution in [3.05, 3.63) is 57.8 Å². The largest absolute Gasteiger partial charge is 0.496 e. The third-order valence-corrected chi connectivity index (χ3v) is 3.68. The van der Waals surface area contributed by atoms with Crippen LogP contribution in [-0.2, 0) is 0 Å². The Morgan fingerprint density at radius 1 is 1.30 bits per heavy atom. The molecule has 3 nitrogen and oxygen atoms in total. The molecule has 2 aromatic rings. The summed E-state index contributed by atoms with van der Waals surface area (Å²) in [6, 6.07) is 10.3. The van der Waals surface area contributed by atoms with Gasteiger partial charge in [-0.25, -0.2) is 0 Å². The number of rotatable bonds is 5. The van der Waals surface area contributed by atoms with Crippen molar-refractivity contribution in [2.75, 3.05) is 13.7 Å². The second-order valence-corrected chi connectivity index (χ2v) is 5.53. The van der Waals surface area contributed by atoms with E-state index in [2.05, 4.69) is 45.3 Å². The van der Waals surface area contributed by atoms with E-state index >= 15 is 0 Å². The zero-order valence-corrected chi connectivity index (χ0v) is 13.6. The molecule has 0 saturated heterocycles. The summed E-state index contributed by atoms with van der Waals surface area (Å²) >= 11 is 3.48. The number of aryl methyl sites for hydroxylation is 1. The zero-order chi connectivity index (χ0) is 14.5. The summed E-state index contributed by atoms with van der Waals surface area (Å²) in [5, 5.41) is 3.49. The quantitative estimate of drug-likeness (QED) is 0.901. The lowest BCUT2D eigenvalue weighted by Crippen LogP contribution is -2.22. The minimum Gasteiger partial charge on any atom is -0.496 e. The molecule has 1 heterocycles. The normalized spacial score (nSPS) is 12.2. The predicted octanol–water partition coefficient (Wildman–Crippen LogP) is 3.86. The zero-order valence-electron chi connectivity index (χ0n) is 12.0. The molecular weight excluding hydrogens is 316 g/mol. The van der Waals surface area contributed by atoms with Crippen molar-refractivity contribution in [3.8, 4) is 5.75 Å². The maximum absolute atomic E-state index is 5.51. The Labute approximate surface area is 128 Å². The third kappa shape index (κ3) is 3.38. The second kappa shape index (κ2) is 6.86. The van der Waals surface area contributed by atoms with Gasteiger partial charge < -0.3 is 10.1 Å². The lowest BCUT2D eigenvalue weighted by molar-refractivity contribution is 0.404. The Morgan fingerprint density at radius 2 is 2.10 bits per heavy atom. The first-order valence-electron chi connectivity index (χ1n) is 6.65. The lowest BCUT2D eigenvalue weighted by atomic mass is 9.99. The summed E-state index contributed by atoms with van der Waals surface area (Å²) in [6.45, 7) is 4.96. The van der Waals surface area contributed by atoms with Gasteiger partial charge in [-0.1, -0.05) is 35.0 Å². The second-order valence-electron chi connectivity index (χ2n) is 4.61. The minimum atomic E-state index is 0.0798. The van der Waals surface area contributed by atoms with E-state index in [1.54, 1.807) is 7.11 Å². The first-order chi connectivity index (χ1) is 9.65. The van der Waals surface area contributed by atoms with Crippen molar-refractivity contribution in [2.24, 2.45) is 0 Å². The number of methoxy groups -OCH3 is 1. The van der Waals surface area contributed by atoms with Gasteiger partial charge in [0.1, 0.15) is 5.75 Å². The highest BCUT2D eigenvalue weighted by Crippen LogP contribution is 2.32. The number of hydrogen-bond donors (Lipinski definition) is 1. The SMILES string of the molecule is CCNC(c1ccc(C)nc1)c1ccc(Br)cc1OC. The molecule has 1 aromatic carbocycles. The molecule has 0 fully saturated rings. The van der Waals surface area contributed by atoms with Crippen molar-refractivity contribution in [1.29, 1.82) is 0 Å². The molecule has 1 atom stereocenters. The van der Waals surface area contributed by atoms with Crippen molar-refractivity contribution in [3.63, 3.8) is 0 Å². The van der Waals surface area contributed by atoms with Crippen LogP contribution >= 0.6 is 15.9 Å². The molecule has 0 aliphatic rings. The molecule has 0 saturated carbocycles. The summed E-state index contributed by atoms with van der Waals surface area (Å²) in [6.07, 6.45) is 1.92. The van der Waals surface area contributed by atoms with Gasteiger partial charge in [-0.3, -0.25) is 4.98 Å². The van der Waals surface area contributed by atoms with Crippen LogP contribution in [0.3, 0.4) is 0 Å². The van der Waals surface area contributed by atoms with Crippen LogP contribution in [-0.4, -0.2) is 18.6 Å². The number of benzene rings is 1. The van der Waals surface area contributed by atoms with E-state index in [0.717, 1.165) is 33.6 Å². The Balaban J connectivity index is 2.45. The fraction of sp³-hybridized carbons (Fsp3) is 0.312. The maximum atomic E-state index is 5.51. The van der Waals surface area contributed by atoms with Gasteiger partial charge in [-0.05, 0) is 37.2 Å². The number of nitrogens with one attached hydrogen (secondary N) is 1. The summed E-state index contributed by atoms with van der Waals surface area (Å²) in [7, 11) is 1.70. The minimum absolute atomic E-state index is 0.0798. The molecule has 0 spiro atoms. The van der Waals surface area contributed by atoms with Crippen LogP contribution in [0.25, 0.3) is 0 Å². The van der Waals surface area contributed by atoms with Crippen LogP contribution in [0.15, 0.2) is 41.0 Å². The van der Waals surface area contributed by atoms with Gasteiger partial charge in [0.05, 0.1) is 13.2 Å². The number of aromatic nitrogens is 1. The van der Waals surface area contributed by atoms with Crippen LogP contribution in [0.5, 0.6) is 5.75 Å². The number of hydrogen-bond acceptors (Lipinski definition) is 3. The fourth-order valence-electron chi connectivity index (χ4n) is 2.18. The van der Waals surface area contributed by atoms with Gasteiger partial charge >= 0.3 is 0 Å². The molecule has 1 N–H and O–H groups in total. The first-order valence-corrected chi connectivity index (χ1v) is 7.44. The third-order valence-electron chi connectivity index (χ3n) is 3.18. The molecule has 0 aliphatic carbocycles. The van der Waals surface area contributed by atoms with E-state index in [9.17, 15) is 0 Å². The number of ether oxygens (including phenoxy) is 1. The Kier molecular flexibility index (Phi) is 5.15. The molecule has 20 heavy (non-hydrogen) atoms. The molecule has 1 unspecified atom stereocenters. The van der Waals surface area contributed by atoms with Gasteiger partial charge in [-0.15, -0.1) is 0 Å². The van der Waals surface area contributed by atoms with E-state index in [4.69, 9.17) is 4.74 Å². The van der Waals surface area contributed by atoms with E-state index in [-0.39, 0.29) is 6.04 Å². The van der Waals surface area contributed by atoms with Gasteiger partial charge in [0.25, 0.3) is 0 Å². The molecular formula is C16H19BrN2O. The molecule has 0 radical (unpaired) electrons. The highest BCUT2D eigenvalue weighted by atomic mass is 79.9. The molecule has 1 aromatic heterocycles. The van der Waals surface area contributed by atoms with Gasteiger partial charge in [0.15, 0.2) is 0 Å². The number of pyridine rings is 1. The van der Waals surface area contributed by atoms with Crippen LogP contribution < -0.4 is 10.1 Å². The topological polar surface area (TPSA) is 34.2 Å². The maximum Gasteiger partial charge on any atom is 0.125 e. The van der Waals surface area contributed by atoms with Crippen LogP contribution in [0.4, 0.5) is 0 Å². The fourth-order valence-corrected chi connectivity index (χ4v) is 2.53. The standard InChI is InChI=1S/C16H19BrN2O/c1-4-18-16(12-6-5-11(2)19-10-12)14-8-7-13(17)9-15(14)20-3/h5-10,16,18H,4H2,1-3H3. The van der Waals surface area contributed by atoms with E-state index in [1.807, 2.05) is 31.3 Å². The summed E-state index contributed by atoms with van der Waals surface area (Å²) in [5.74, 6) is 0.867. The Bertz CT molecular complexity index is 569. The Morgan fingerprint density at radius 3 is 2.70 bits per heavy atom. The molecule has 0 amide bonds. The lowest BCUT2D eigenvalue weighted by Gasteiger charge is -2.21. The van der Waals surface area contributed by atoms with Crippen molar-refractivity contribution < 1.29 is 4.74 Å². The summed E-state index contributed by atoms with van der Waals surface area (Å²) < 4.78 is 6.52. The molecule has 106 valence electrons. The monoisotopic (exact) mass is 334 g/mol. The predicted molar refractivity (Wildman–Crippen MR) is 85.2 cm³/mol. The molecule has 0 bridgehead atoms. The Hall–Kier alpha value is -1.39.